The summed E-state index contributed by atoms with van der Waals surface area (Å²) < 4.78 is 27.2. The van der Waals surface area contributed by atoms with E-state index in [1.54, 1.807) is 18.2 Å². The molecule has 0 bridgehead atoms. The van der Waals surface area contributed by atoms with Crippen LogP contribution in [0.3, 0.4) is 0 Å². The van der Waals surface area contributed by atoms with Crippen molar-refractivity contribution in [2.45, 2.75) is 24.0 Å². The monoisotopic (exact) mass is 393 g/mol. The zero-order valence-electron chi connectivity index (χ0n) is 15.2. The molecule has 2 heterocycles. The van der Waals surface area contributed by atoms with Gasteiger partial charge in [0.25, 0.3) is 15.9 Å². The van der Waals surface area contributed by atoms with Gasteiger partial charge in [0, 0.05) is 43.3 Å². The second-order valence-electron chi connectivity index (χ2n) is 6.55. The van der Waals surface area contributed by atoms with Crippen LogP contribution in [0.1, 0.15) is 28.1 Å². The second-order valence-corrected chi connectivity index (χ2v) is 9.97. The summed E-state index contributed by atoms with van der Waals surface area (Å²) in [5.41, 5.74) is 2.01. The zero-order chi connectivity index (χ0) is 18.9. The van der Waals surface area contributed by atoms with Gasteiger partial charge in [0.05, 0.1) is 5.69 Å². The van der Waals surface area contributed by atoms with E-state index in [-0.39, 0.29) is 10.1 Å². The molecule has 1 aromatic carbocycles. The van der Waals surface area contributed by atoms with Crippen molar-refractivity contribution in [2.75, 3.05) is 37.4 Å². The maximum absolute atomic E-state index is 12.7. The highest BCUT2D eigenvalue weighted by molar-refractivity contribution is 7.91. The summed E-state index contributed by atoms with van der Waals surface area (Å²) >= 11 is 1.20. The summed E-state index contributed by atoms with van der Waals surface area (Å²) in [7, 11) is 0.360. The lowest BCUT2D eigenvalue weighted by molar-refractivity contribution is 0.102. The van der Waals surface area contributed by atoms with Crippen molar-refractivity contribution in [3.8, 4) is 0 Å². The predicted molar refractivity (Wildman–Crippen MR) is 106 cm³/mol. The Morgan fingerprint density at radius 3 is 2.54 bits per heavy atom. The Hall–Kier alpha value is -1.90. The largest absolute Gasteiger partial charge is 0.378 e. The molecule has 3 rings (SSSR count). The number of hydrogen-bond acceptors (Lipinski definition) is 5. The molecule has 0 aliphatic carbocycles. The molecule has 0 saturated carbocycles. The van der Waals surface area contributed by atoms with E-state index in [1.807, 2.05) is 38.1 Å². The summed E-state index contributed by atoms with van der Waals surface area (Å²) in [6.45, 7) is 2.95. The lowest BCUT2D eigenvalue weighted by Gasteiger charge is -2.13. The Balaban J connectivity index is 1.81. The predicted octanol–water partition coefficient (Wildman–Crippen LogP) is 3.16. The van der Waals surface area contributed by atoms with E-state index in [0.717, 1.165) is 23.4 Å². The Morgan fingerprint density at radius 2 is 1.88 bits per heavy atom. The van der Waals surface area contributed by atoms with E-state index < -0.39 is 10.0 Å². The van der Waals surface area contributed by atoms with Gasteiger partial charge in [0.2, 0.25) is 0 Å². The van der Waals surface area contributed by atoms with E-state index in [0.29, 0.717) is 24.3 Å². The van der Waals surface area contributed by atoms with Crippen LogP contribution in [0.4, 0.5) is 11.4 Å². The number of sulfonamides is 1. The molecule has 1 fully saturated rings. The highest BCUT2D eigenvalue weighted by Crippen LogP contribution is 2.33. The fourth-order valence-corrected chi connectivity index (χ4v) is 5.95. The van der Waals surface area contributed by atoms with Crippen molar-refractivity contribution in [1.82, 2.24) is 4.31 Å². The normalized spacial score (nSPS) is 15.2. The molecule has 0 spiro atoms. The molecule has 0 unspecified atom stereocenters. The Bertz CT molecular complexity index is 914. The minimum atomic E-state index is -3.46. The van der Waals surface area contributed by atoms with Crippen molar-refractivity contribution in [3.05, 3.63) is 40.8 Å². The fraction of sp³-hybridized carbons (Fsp3) is 0.389. The number of nitrogens with zero attached hydrogens (tertiary/aromatic N) is 2. The van der Waals surface area contributed by atoms with Gasteiger partial charge in [-0.2, -0.15) is 4.31 Å². The molecule has 26 heavy (non-hydrogen) atoms. The number of rotatable bonds is 5. The van der Waals surface area contributed by atoms with Crippen LogP contribution >= 0.6 is 11.3 Å². The van der Waals surface area contributed by atoms with Gasteiger partial charge in [-0.25, -0.2) is 8.42 Å². The van der Waals surface area contributed by atoms with Crippen LogP contribution in [0, 0.1) is 6.92 Å². The van der Waals surface area contributed by atoms with Crippen LogP contribution in [0.15, 0.2) is 34.5 Å². The SMILES string of the molecule is Cc1sc(S(=O)(=O)N2CCCC2)cc1NC(=O)c1cccc(N(C)C)c1. The van der Waals surface area contributed by atoms with Gasteiger partial charge in [-0.05, 0) is 44.0 Å². The highest BCUT2D eigenvalue weighted by atomic mass is 32.2. The van der Waals surface area contributed by atoms with E-state index in [4.69, 9.17) is 0 Å². The topological polar surface area (TPSA) is 69.7 Å². The summed E-state index contributed by atoms with van der Waals surface area (Å²) in [6.07, 6.45) is 1.80. The van der Waals surface area contributed by atoms with E-state index in [9.17, 15) is 13.2 Å². The number of hydrogen-bond donors (Lipinski definition) is 1. The van der Waals surface area contributed by atoms with Gasteiger partial charge >= 0.3 is 0 Å². The number of aryl methyl sites for hydroxylation is 1. The standard InChI is InChI=1S/C18H23N3O3S2/c1-13-16(12-17(25-13)26(23,24)21-9-4-5-10-21)19-18(22)14-7-6-8-15(11-14)20(2)3/h6-8,11-12H,4-5,9-10H2,1-3H3,(H,19,22). The molecule has 8 heteroatoms. The van der Waals surface area contributed by atoms with Crippen LogP contribution in [0.2, 0.25) is 0 Å². The first-order valence-corrected chi connectivity index (χ1v) is 10.7. The number of benzene rings is 1. The molecule has 0 atom stereocenters. The molecule has 1 aromatic heterocycles. The lowest BCUT2D eigenvalue weighted by Crippen LogP contribution is -2.27. The molecule has 140 valence electrons. The van der Waals surface area contributed by atoms with Crippen LogP contribution in [-0.4, -0.2) is 45.8 Å². The lowest BCUT2D eigenvalue weighted by atomic mass is 10.2. The number of amides is 1. The number of carbonyl (C=O) groups excluding carboxylic acids is 1. The number of nitrogens with one attached hydrogen (secondary N) is 1. The minimum absolute atomic E-state index is 0.250. The molecular weight excluding hydrogens is 370 g/mol. The van der Waals surface area contributed by atoms with Crippen molar-refractivity contribution < 1.29 is 13.2 Å². The summed E-state index contributed by atoms with van der Waals surface area (Å²) in [5.74, 6) is -0.250. The molecule has 1 aliphatic heterocycles. The van der Waals surface area contributed by atoms with E-state index in [2.05, 4.69) is 5.32 Å². The third-order valence-corrected chi connectivity index (χ3v) is 7.83. The van der Waals surface area contributed by atoms with Gasteiger partial charge in [-0.1, -0.05) is 6.07 Å². The van der Waals surface area contributed by atoms with Crippen molar-refractivity contribution in [2.24, 2.45) is 0 Å². The summed E-state index contributed by atoms with van der Waals surface area (Å²) in [6, 6.07) is 8.87. The molecule has 1 N–H and O–H groups in total. The summed E-state index contributed by atoms with van der Waals surface area (Å²) in [4.78, 5) is 15.3. The fourth-order valence-electron chi connectivity index (χ4n) is 2.88. The maximum Gasteiger partial charge on any atom is 0.255 e. The van der Waals surface area contributed by atoms with Crippen LogP contribution in [-0.2, 0) is 10.0 Å². The van der Waals surface area contributed by atoms with Crippen LogP contribution < -0.4 is 10.2 Å². The molecular formula is C18H23N3O3S2. The summed E-state index contributed by atoms with van der Waals surface area (Å²) in [5, 5.41) is 2.85. The Kier molecular flexibility index (Phi) is 5.36. The second kappa shape index (κ2) is 7.38. The Morgan fingerprint density at radius 1 is 1.19 bits per heavy atom. The first kappa shape index (κ1) is 18.9. The van der Waals surface area contributed by atoms with Gasteiger partial charge in [-0.15, -0.1) is 11.3 Å². The van der Waals surface area contributed by atoms with E-state index >= 15 is 0 Å². The molecule has 1 saturated heterocycles. The zero-order valence-corrected chi connectivity index (χ0v) is 16.8. The highest BCUT2D eigenvalue weighted by Gasteiger charge is 2.29. The van der Waals surface area contributed by atoms with Gasteiger partial charge < -0.3 is 10.2 Å². The molecule has 6 nitrogen and oxygen atoms in total. The molecule has 1 aliphatic rings. The van der Waals surface area contributed by atoms with Gasteiger partial charge in [0.15, 0.2) is 0 Å². The number of anilines is 2. The number of carbonyl (C=O) groups is 1. The van der Waals surface area contributed by atoms with E-state index in [1.165, 1.54) is 15.6 Å². The first-order valence-electron chi connectivity index (χ1n) is 8.48. The quantitative estimate of drug-likeness (QED) is 0.847. The molecule has 1 amide bonds. The maximum atomic E-state index is 12.7. The van der Waals surface area contributed by atoms with Crippen molar-refractivity contribution >= 4 is 38.6 Å². The molecule has 2 aromatic rings. The van der Waals surface area contributed by atoms with Crippen molar-refractivity contribution in [1.29, 1.82) is 0 Å². The molecule has 0 radical (unpaired) electrons. The Labute approximate surface area is 158 Å². The first-order chi connectivity index (χ1) is 12.3. The smallest absolute Gasteiger partial charge is 0.255 e. The average molecular weight is 394 g/mol. The average Bonchev–Trinajstić information content (AvgIpc) is 3.26. The van der Waals surface area contributed by atoms with Crippen molar-refractivity contribution in [3.63, 3.8) is 0 Å². The van der Waals surface area contributed by atoms with Gasteiger partial charge in [0.1, 0.15) is 4.21 Å². The third-order valence-electron chi connectivity index (χ3n) is 4.43. The number of thiophene rings is 1. The van der Waals surface area contributed by atoms with Crippen LogP contribution in [0.5, 0.6) is 0 Å². The third kappa shape index (κ3) is 3.77. The minimum Gasteiger partial charge on any atom is -0.378 e. The van der Waals surface area contributed by atoms with Gasteiger partial charge in [-0.3, -0.25) is 4.79 Å². The van der Waals surface area contributed by atoms with Crippen LogP contribution in [0.25, 0.3) is 0 Å².